The van der Waals surface area contributed by atoms with Crippen LogP contribution in [0.4, 0.5) is 0 Å². The van der Waals surface area contributed by atoms with Crippen molar-refractivity contribution in [3.05, 3.63) is 0 Å². The normalized spacial score (nSPS) is 50.8. The number of fused-ring (bicyclic) bond motifs is 2. The van der Waals surface area contributed by atoms with Gasteiger partial charge >= 0.3 is 0 Å². The van der Waals surface area contributed by atoms with Crippen LogP contribution in [0.1, 0.15) is 66.2 Å². The van der Waals surface area contributed by atoms with Gasteiger partial charge in [-0.15, -0.1) is 0 Å². The molecule has 3 rings (SSSR count). The molecular weight excluding hydrogens is 220 g/mol. The molecule has 0 radical (unpaired) electrons. The highest BCUT2D eigenvalue weighted by atomic mass is 16.1. The zero-order valence-electron chi connectivity index (χ0n) is 12.5. The molecule has 0 aromatic carbocycles. The lowest BCUT2D eigenvalue weighted by atomic mass is 9.59. The summed E-state index contributed by atoms with van der Waals surface area (Å²) in [5.41, 5.74) is 1.07. The Morgan fingerprint density at radius 1 is 1.17 bits per heavy atom. The van der Waals surface area contributed by atoms with Crippen LogP contribution in [0.2, 0.25) is 0 Å². The average Bonchev–Trinajstić information content (AvgIpc) is 2.61. The van der Waals surface area contributed by atoms with Gasteiger partial charge < -0.3 is 0 Å². The summed E-state index contributed by atoms with van der Waals surface area (Å²) in [6, 6.07) is 0. The Morgan fingerprint density at radius 3 is 2.39 bits per heavy atom. The van der Waals surface area contributed by atoms with Gasteiger partial charge in [0.25, 0.3) is 0 Å². The van der Waals surface area contributed by atoms with E-state index in [0.29, 0.717) is 22.5 Å². The maximum Gasteiger partial charge on any atom is 0.133 e. The summed E-state index contributed by atoms with van der Waals surface area (Å²) in [5.74, 6) is 3.78. The molecule has 2 unspecified atom stereocenters. The van der Waals surface area contributed by atoms with Crippen LogP contribution in [-0.4, -0.2) is 5.78 Å². The van der Waals surface area contributed by atoms with Crippen LogP contribution >= 0.6 is 0 Å². The van der Waals surface area contributed by atoms with E-state index >= 15 is 0 Å². The van der Waals surface area contributed by atoms with Crippen LogP contribution in [0.25, 0.3) is 0 Å². The Kier molecular flexibility index (Phi) is 2.70. The van der Waals surface area contributed by atoms with E-state index in [-0.39, 0.29) is 0 Å². The van der Waals surface area contributed by atoms with Gasteiger partial charge in [-0.3, -0.25) is 4.79 Å². The van der Waals surface area contributed by atoms with Crippen LogP contribution in [0, 0.1) is 34.5 Å². The van der Waals surface area contributed by atoms with Gasteiger partial charge in [0, 0.05) is 12.8 Å². The summed E-state index contributed by atoms with van der Waals surface area (Å²) in [5, 5.41) is 0. The molecule has 0 amide bonds. The Bertz CT molecular complexity index is 370. The molecule has 3 aliphatic rings. The third-order valence-corrected chi connectivity index (χ3v) is 7.42. The maximum atomic E-state index is 11.6. The highest BCUT2D eigenvalue weighted by Gasteiger charge is 2.62. The van der Waals surface area contributed by atoms with Crippen molar-refractivity contribution in [3.63, 3.8) is 0 Å². The zero-order chi connectivity index (χ0) is 13.1. The third kappa shape index (κ3) is 1.48. The number of Topliss-reactive ketones (excluding diaryl/α,β-unsaturated/α-hetero) is 1. The molecule has 1 heteroatoms. The van der Waals surface area contributed by atoms with Crippen molar-refractivity contribution in [2.24, 2.45) is 34.5 Å². The van der Waals surface area contributed by atoms with Gasteiger partial charge in [0.05, 0.1) is 0 Å². The molecule has 1 nitrogen and oxygen atoms in total. The van der Waals surface area contributed by atoms with Crippen molar-refractivity contribution >= 4 is 5.78 Å². The number of carbonyl (C=O) groups excluding carboxylic acids is 1. The summed E-state index contributed by atoms with van der Waals surface area (Å²) in [6.07, 6.45) is 7.18. The molecule has 0 aromatic rings. The predicted octanol–water partition coefficient (Wildman–Crippen LogP) is 4.45. The van der Waals surface area contributed by atoms with Crippen LogP contribution < -0.4 is 0 Å². The number of rotatable bonds is 1. The quantitative estimate of drug-likeness (QED) is 0.670. The van der Waals surface area contributed by atoms with Crippen molar-refractivity contribution in [2.75, 3.05) is 0 Å². The second kappa shape index (κ2) is 3.84. The van der Waals surface area contributed by atoms with Crippen molar-refractivity contribution in [1.29, 1.82) is 0 Å². The van der Waals surface area contributed by atoms with Gasteiger partial charge in [-0.1, -0.05) is 27.7 Å². The van der Waals surface area contributed by atoms with Gasteiger partial charge in [0.15, 0.2) is 0 Å². The van der Waals surface area contributed by atoms with Gasteiger partial charge in [-0.25, -0.2) is 0 Å². The van der Waals surface area contributed by atoms with Crippen molar-refractivity contribution < 1.29 is 4.79 Å². The van der Waals surface area contributed by atoms with Crippen molar-refractivity contribution in [2.45, 2.75) is 66.2 Å². The van der Waals surface area contributed by atoms with Crippen LogP contribution in [0.3, 0.4) is 0 Å². The molecule has 0 aromatic heterocycles. The Morgan fingerprint density at radius 2 is 1.89 bits per heavy atom. The number of hydrogen-bond acceptors (Lipinski definition) is 1. The minimum Gasteiger partial charge on any atom is -0.300 e. The van der Waals surface area contributed by atoms with Crippen LogP contribution in [0.15, 0.2) is 0 Å². The first kappa shape index (κ1) is 12.7. The number of ketones is 1. The number of hydrogen-bond donors (Lipinski definition) is 0. The summed E-state index contributed by atoms with van der Waals surface area (Å²) < 4.78 is 0. The Labute approximate surface area is 112 Å². The van der Waals surface area contributed by atoms with E-state index in [1.807, 2.05) is 0 Å². The number of carbonyl (C=O) groups is 1. The molecule has 3 saturated carbocycles. The molecule has 0 N–H and O–H groups in total. The first-order valence-corrected chi connectivity index (χ1v) is 7.88. The largest absolute Gasteiger partial charge is 0.300 e. The summed E-state index contributed by atoms with van der Waals surface area (Å²) >= 11 is 0. The summed E-state index contributed by atoms with van der Waals surface area (Å²) in [6.45, 7) is 9.88. The molecule has 0 spiro atoms. The van der Waals surface area contributed by atoms with Gasteiger partial charge in [0.2, 0.25) is 0 Å². The van der Waals surface area contributed by atoms with Gasteiger partial charge in [-0.2, -0.15) is 0 Å². The standard InChI is InChI=1S/C17H28O/c1-11-9-13(18)5-6-14(11)15-10-12-7-8-17(15,4)16(12,2)3/h11-12,14-15H,5-10H2,1-4H3/t11?,12-,14?,15+,17+/m0/s1. The zero-order valence-corrected chi connectivity index (χ0v) is 12.5. The highest BCUT2D eigenvalue weighted by molar-refractivity contribution is 5.79. The van der Waals surface area contributed by atoms with E-state index in [1.54, 1.807) is 0 Å². The smallest absolute Gasteiger partial charge is 0.133 e. The van der Waals surface area contributed by atoms with Gasteiger partial charge in [0.1, 0.15) is 5.78 Å². The minimum absolute atomic E-state index is 0.506. The second-order valence-electron chi connectivity index (χ2n) is 8.14. The molecule has 0 heterocycles. The lowest BCUT2D eigenvalue weighted by molar-refractivity contribution is -0.123. The molecule has 0 aliphatic heterocycles. The summed E-state index contributed by atoms with van der Waals surface area (Å²) in [4.78, 5) is 11.6. The van der Waals surface area contributed by atoms with E-state index in [0.717, 1.165) is 30.6 Å². The monoisotopic (exact) mass is 248 g/mol. The van der Waals surface area contributed by atoms with E-state index < -0.39 is 0 Å². The summed E-state index contributed by atoms with van der Waals surface area (Å²) in [7, 11) is 0. The fourth-order valence-corrected chi connectivity index (χ4v) is 5.74. The van der Waals surface area contributed by atoms with E-state index in [1.165, 1.54) is 25.7 Å². The molecule has 5 atom stereocenters. The lowest BCUT2D eigenvalue weighted by Crippen LogP contribution is -2.39. The molecule has 18 heavy (non-hydrogen) atoms. The van der Waals surface area contributed by atoms with Crippen molar-refractivity contribution in [3.8, 4) is 0 Å². The average molecular weight is 248 g/mol. The molecule has 0 saturated heterocycles. The molecule has 2 bridgehead atoms. The maximum absolute atomic E-state index is 11.6. The minimum atomic E-state index is 0.506. The fraction of sp³-hybridized carbons (Fsp3) is 0.941. The highest BCUT2D eigenvalue weighted by Crippen LogP contribution is 2.70. The van der Waals surface area contributed by atoms with Gasteiger partial charge in [-0.05, 0) is 60.2 Å². The molecule has 3 aliphatic carbocycles. The second-order valence-corrected chi connectivity index (χ2v) is 8.14. The fourth-order valence-electron chi connectivity index (χ4n) is 5.74. The van der Waals surface area contributed by atoms with Crippen LogP contribution in [0.5, 0.6) is 0 Å². The van der Waals surface area contributed by atoms with E-state index in [2.05, 4.69) is 27.7 Å². The third-order valence-electron chi connectivity index (χ3n) is 7.42. The van der Waals surface area contributed by atoms with E-state index in [4.69, 9.17) is 0 Å². The molecule has 3 fully saturated rings. The predicted molar refractivity (Wildman–Crippen MR) is 74.2 cm³/mol. The Balaban J connectivity index is 1.85. The first-order valence-electron chi connectivity index (χ1n) is 7.88. The topological polar surface area (TPSA) is 17.1 Å². The van der Waals surface area contributed by atoms with Crippen LogP contribution in [-0.2, 0) is 4.79 Å². The lowest BCUT2D eigenvalue weighted by Gasteiger charge is -2.45. The Hall–Kier alpha value is -0.330. The van der Waals surface area contributed by atoms with Crippen molar-refractivity contribution in [1.82, 2.24) is 0 Å². The first-order chi connectivity index (χ1) is 8.36. The molecule has 102 valence electrons. The SMILES string of the molecule is CC1CC(=O)CCC1[C@H]1C[C@@H]2CC[C@@]1(C)C2(C)C. The molecular formula is C17H28O. The van der Waals surface area contributed by atoms with E-state index in [9.17, 15) is 4.79 Å².